The van der Waals surface area contributed by atoms with Gasteiger partial charge >= 0.3 is 5.97 Å². The van der Waals surface area contributed by atoms with Crippen LogP contribution in [0, 0.1) is 5.92 Å². The fraction of sp³-hybridized carbons (Fsp3) is 0.644. The van der Waals surface area contributed by atoms with Gasteiger partial charge in [0.15, 0.2) is 30.5 Å². The molecule has 0 spiro atoms. The van der Waals surface area contributed by atoms with Crippen LogP contribution in [0.1, 0.15) is 44.2 Å². The van der Waals surface area contributed by atoms with E-state index >= 15 is 9.59 Å². The van der Waals surface area contributed by atoms with Gasteiger partial charge in [-0.15, -0.1) is 0 Å². The van der Waals surface area contributed by atoms with Gasteiger partial charge in [0.1, 0.15) is 115 Å². The Labute approximate surface area is 563 Å². The molecule has 6 amide bonds. The van der Waals surface area contributed by atoms with E-state index in [9.17, 15) is 90.4 Å². The molecule has 38 nitrogen and oxygen atoms in total. The van der Waals surface area contributed by atoms with Crippen LogP contribution >= 0.6 is 11.6 Å². The van der Waals surface area contributed by atoms with E-state index in [-0.39, 0.29) is 36.2 Å². The highest BCUT2D eigenvalue weighted by Crippen LogP contribution is 2.34. The number of hydrogen-bond acceptors (Lipinski definition) is 32. The number of nitrogens with two attached hydrogens (primary N) is 2. The number of esters is 1. The number of benzene rings is 2. The lowest BCUT2D eigenvalue weighted by Gasteiger charge is -2.46. The Balaban J connectivity index is 1.10. The maximum absolute atomic E-state index is 15.2. The van der Waals surface area contributed by atoms with Crippen molar-refractivity contribution < 1.29 is 128 Å². The van der Waals surface area contributed by atoms with Gasteiger partial charge in [0.2, 0.25) is 41.7 Å². The summed E-state index contributed by atoms with van der Waals surface area (Å²) in [7, 11) is 0. The van der Waals surface area contributed by atoms with Crippen molar-refractivity contribution in [1.29, 1.82) is 0 Å². The standard InChI is InChI=1S/C59H85ClN12O26/c1-21(2)12-35(78)97-49-44(84)42(82)32(19-75)95-57(49)98-48-33(20-76)96-56(47(87)45(48)85)93-26-10-4-23(5-11-26)13-27-51(89)70-37(39(79)28-14-64-58(61)68-28)54(92)71-38(40(80)30-15-65-59(62)72(30)55-46(86)43(83)41(81)31(18-74)94-55)53(91)67-29(17-73)50(88)63-16-34(77)69-36(52(90)66-27)22(3)24-6-8-25(60)9-7-24/h4-11,21-22,27-33,36-49,55-57,73-76,79-87H,12-20H2,1-3H3,(H2,62,65)(H,63,88)(H,66,90)(H,67,91)(H,69,77)(H,70,89)(H,71,92)(H3,61,64,68). The number of hydrogen-bond donors (Lipinski definition) is 22. The number of aliphatic hydroxyl groups is 13. The molecule has 8 rings (SSSR count). The van der Waals surface area contributed by atoms with Gasteiger partial charge in [0, 0.05) is 23.8 Å². The van der Waals surface area contributed by atoms with E-state index in [4.69, 9.17) is 51.5 Å². The van der Waals surface area contributed by atoms with Crippen molar-refractivity contribution in [1.82, 2.24) is 42.1 Å². The molecule has 25 atom stereocenters. The summed E-state index contributed by atoms with van der Waals surface area (Å²) in [4.78, 5) is 109. The Morgan fingerprint density at radius 1 is 0.612 bits per heavy atom. The molecule has 0 bridgehead atoms. The lowest BCUT2D eigenvalue weighted by molar-refractivity contribution is -0.353. The van der Waals surface area contributed by atoms with Crippen molar-refractivity contribution in [3.63, 3.8) is 0 Å². The minimum absolute atomic E-state index is 0.0961. The van der Waals surface area contributed by atoms with Gasteiger partial charge in [-0.05, 0) is 41.3 Å². The van der Waals surface area contributed by atoms with Crippen LogP contribution in [0.4, 0.5) is 0 Å². The largest absolute Gasteiger partial charge is 0.462 e. The lowest BCUT2D eigenvalue weighted by Crippen LogP contribution is -2.70. The third kappa shape index (κ3) is 17.8. The number of ether oxygens (including phenoxy) is 6. The molecule has 0 saturated carbocycles. The van der Waals surface area contributed by atoms with E-state index in [0.29, 0.717) is 10.6 Å². The summed E-state index contributed by atoms with van der Waals surface area (Å²) in [5.74, 6) is -10.3. The Morgan fingerprint density at radius 3 is 1.82 bits per heavy atom. The molecular weight excluding hydrogens is 1330 g/mol. The van der Waals surface area contributed by atoms with Crippen molar-refractivity contribution in [2.24, 2.45) is 27.4 Å². The molecule has 24 N–H and O–H groups in total. The number of aliphatic imine (C=N–C) groups is 2. The van der Waals surface area contributed by atoms with Gasteiger partial charge in [-0.25, -0.2) is 0 Å². The minimum atomic E-state index is -2.36. The van der Waals surface area contributed by atoms with Gasteiger partial charge in [-0.1, -0.05) is 56.6 Å². The summed E-state index contributed by atoms with van der Waals surface area (Å²) in [6.45, 7) is -0.724. The second-order valence-electron chi connectivity index (χ2n) is 24.8. The summed E-state index contributed by atoms with van der Waals surface area (Å²) < 4.78 is 34.4. The summed E-state index contributed by atoms with van der Waals surface area (Å²) in [5, 5.41) is 160. The molecule has 98 heavy (non-hydrogen) atoms. The Hall–Kier alpha value is -7.32. The Kier molecular flexibility index (Phi) is 26.3. The summed E-state index contributed by atoms with van der Waals surface area (Å²) in [5.41, 5.74) is 12.7. The van der Waals surface area contributed by atoms with Crippen molar-refractivity contribution in [2.45, 2.75) is 186 Å². The van der Waals surface area contributed by atoms with Crippen molar-refractivity contribution in [3.05, 3.63) is 64.7 Å². The fourth-order valence-electron chi connectivity index (χ4n) is 11.9. The first kappa shape index (κ1) is 76.4. The Bertz CT molecular complexity index is 3160. The maximum Gasteiger partial charge on any atom is 0.306 e. The average molecular weight is 1410 g/mol. The average Bonchev–Trinajstić information content (AvgIpc) is 1.36. The lowest BCUT2D eigenvalue weighted by atomic mass is 9.92. The molecule has 6 heterocycles. The maximum atomic E-state index is 15.2. The molecule has 39 heteroatoms. The topological polar surface area (TPSA) is 602 Å². The third-order valence-electron chi connectivity index (χ3n) is 17.4. The number of guanidine groups is 2. The van der Waals surface area contributed by atoms with Gasteiger partial charge in [-0.3, -0.25) is 43.5 Å². The van der Waals surface area contributed by atoms with Crippen LogP contribution in [0.25, 0.3) is 0 Å². The van der Waals surface area contributed by atoms with Crippen LogP contribution in [0.5, 0.6) is 5.75 Å². The first-order valence-electron chi connectivity index (χ1n) is 31.3. The van der Waals surface area contributed by atoms with Crippen molar-refractivity contribution in [2.75, 3.05) is 46.1 Å². The number of nitrogens with one attached hydrogen (secondary N) is 7. The summed E-state index contributed by atoms with van der Waals surface area (Å²) in [6, 6.07) is -1.61. The second-order valence-corrected chi connectivity index (χ2v) is 25.2. The molecule has 0 aliphatic carbocycles. The summed E-state index contributed by atoms with van der Waals surface area (Å²) in [6.07, 6.45) is -32.1. The SMILES string of the molecule is CC(C)CC(=O)OC1C(OC2C(CO)OC(Oc3ccc(CC4NC(=O)C(C(C)c5ccc(Cl)cc5)NC(=O)CNC(=O)C(CO)NC(=O)C(C(O)C5CN=C(N)N5C5OC(CO)C(O)C(O)C5O)NC(=O)C(C(O)C5CN=C(N)N5)NC4=O)cc3)C(O)C2O)OC(CO)C(O)C1O. The molecule has 25 unspecified atom stereocenters. The van der Waals surface area contributed by atoms with Crippen LogP contribution in [0.15, 0.2) is 58.5 Å². The van der Waals surface area contributed by atoms with E-state index in [1.54, 1.807) is 26.0 Å². The van der Waals surface area contributed by atoms with E-state index in [1.165, 1.54) is 43.3 Å². The summed E-state index contributed by atoms with van der Waals surface area (Å²) >= 11 is 6.19. The van der Waals surface area contributed by atoms with E-state index in [0.717, 1.165) is 4.90 Å². The first-order chi connectivity index (χ1) is 46.5. The predicted octanol–water partition coefficient (Wildman–Crippen LogP) is -11.4. The zero-order valence-corrected chi connectivity index (χ0v) is 53.7. The number of carbonyl (C=O) groups excluding carboxylic acids is 7. The molecule has 2 aromatic carbocycles. The molecule has 0 aromatic heterocycles. The monoisotopic (exact) mass is 1410 g/mol. The van der Waals surface area contributed by atoms with Crippen LogP contribution < -0.4 is 53.4 Å². The highest BCUT2D eigenvalue weighted by Gasteiger charge is 2.55. The molecule has 4 fully saturated rings. The molecule has 4 saturated heterocycles. The first-order valence-corrected chi connectivity index (χ1v) is 31.7. The molecule has 2 aromatic rings. The van der Waals surface area contributed by atoms with Crippen LogP contribution in [-0.4, -0.2) is 317 Å². The molecule has 544 valence electrons. The zero-order valence-electron chi connectivity index (χ0n) is 53.0. The van der Waals surface area contributed by atoms with Crippen molar-refractivity contribution >= 4 is 64.9 Å². The number of rotatable bonds is 20. The molecule has 6 aliphatic heterocycles. The number of amides is 6. The van der Waals surface area contributed by atoms with E-state index in [1.807, 2.05) is 0 Å². The normalized spacial score (nSPS) is 35.7. The quantitative estimate of drug-likeness (QED) is 0.0547. The van der Waals surface area contributed by atoms with Gasteiger partial charge in [-0.2, -0.15) is 0 Å². The molecule has 6 aliphatic rings. The van der Waals surface area contributed by atoms with Crippen LogP contribution in [0.3, 0.4) is 0 Å². The number of carbonyl (C=O) groups is 7. The third-order valence-corrected chi connectivity index (χ3v) is 17.7. The Morgan fingerprint density at radius 2 is 1.19 bits per heavy atom. The van der Waals surface area contributed by atoms with E-state index in [2.05, 4.69) is 47.2 Å². The van der Waals surface area contributed by atoms with E-state index < -0.39 is 246 Å². The second kappa shape index (κ2) is 33.7. The smallest absolute Gasteiger partial charge is 0.306 e. The van der Waals surface area contributed by atoms with Gasteiger partial charge in [0.25, 0.3) is 0 Å². The number of nitrogens with zero attached hydrogens (tertiary/aromatic N) is 3. The molecular formula is C59H85ClN12O26. The zero-order chi connectivity index (χ0) is 71.7. The highest BCUT2D eigenvalue weighted by molar-refractivity contribution is 6.30. The van der Waals surface area contributed by atoms with Crippen LogP contribution in [-0.2, 0) is 63.7 Å². The van der Waals surface area contributed by atoms with Crippen LogP contribution in [0.2, 0.25) is 5.02 Å². The molecule has 0 radical (unpaired) electrons. The predicted molar refractivity (Wildman–Crippen MR) is 331 cm³/mol. The fourth-order valence-corrected chi connectivity index (χ4v) is 12.0. The van der Waals surface area contributed by atoms with Gasteiger partial charge < -0.3 is 148 Å². The minimum Gasteiger partial charge on any atom is -0.462 e. The number of aliphatic hydroxyl groups excluding tert-OH is 13. The number of halogens is 1. The van der Waals surface area contributed by atoms with Crippen molar-refractivity contribution in [3.8, 4) is 5.75 Å². The highest BCUT2D eigenvalue weighted by atomic mass is 35.5. The van der Waals surface area contributed by atoms with Gasteiger partial charge in [0.05, 0.1) is 58.1 Å².